The Morgan fingerprint density at radius 3 is 2.67 bits per heavy atom. The highest BCUT2D eigenvalue weighted by Gasteiger charge is 2.52. The first-order valence-electron chi connectivity index (χ1n) is 5.03. The number of hydrogen-bond donors (Lipinski definition) is 1. The lowest BCUT2D eigenvalue weighted by atomic mass is 9.90. The van der Waals surface area contributed by atoms with Gasteiger partial charge in [0.15, 0.2) is 0 Å². The van der Waals surface area contributed by atoms with Gasteiger partial charge in [-0.2, -0.15) is 13.2 Å². The van der Waals surface area contributed by atoms with Gasteiger partial charge >= 0.3 is 12.1 Å². The van der Waals surface area contributed by atoms with Gasteiger partial charge in [0, 0.05) is 4.47 Å². The van der Waals surface area contributed by atoms with Crippen molar-refractivity contribution in [1.82, 2.24) is 0 Å². The van der Waals surface area contributed by atoms with Crippen LogP contribution in [-0.2, 0) is 11.2 Å². The summed E-state index contributed by atoms with van der Waals surface area (Å²) in [5.41, 5.74) is 0.464. The van der Waals surface area contributed by atoms with Crippen molar-refractivity contribution in [3.8, 4) is 5.75 Å². The monoisotopic (exact) mass is 324 g/mol. The van der Waals surface area contributed by atoms with Crippen LogP contribution in [0, 0.1) is 5.92 Å². The maximum atomic E-state index is 12.7. The molecule has 98 valence electrons. The Balaban J connectivity index is 2.41. The first-order chi connectivity index (χ1) is 8.29. The molecular formula is C11H8BrF3O3. The molecule has 1 N–H and O–H groups in total. The topological polar surface area (TPSA) is 46.5 Å². The Morgan fingerprint density at radius 1 is 1.44 bits per heavy atom. The van der Waals surface area contributed by atoms with E-state index < -0.39 is 24.2 Å². The molecule has 0 unspecified atom stereocenters. The van der Waals surface area contributed by atoms with E-state index in [1.165, 1.54) is 6.07 Å². The molecule has 0 radical (unpaired) electrons. The fraction of sp³-hybridized carbons (Fsp3) is 0.364. The number of ether oxygens (including phenoxy) is 1. The van der Waals surface area contributed by atoms with Gasteiger partial charge in [-0.15, -0.1) is 0 Å². The van der Waals surface area contributed by atoms with E-state index in [1.54, 1.807) is 12.1 Å². The van der Waals surface area contributed by atoms with Crippen LogP contribution in [0.1, 0.15) is 5.56 Å². The minimum atomic E-state index is -4.71. The first-order valence-corrected chi connectivity index (χ1v) is 5.83. The lowest BCUT2D eigenvalue weighted by molar-refractivity contribution is -0.217. The molecule has 0 aliphatic carbocycles. The maximum absolute atomic E-state index is 12.7. The molecule has 0 amide bonds. The van der Waals surface area contributed by atoms with Crippen LogP contribution in [-0.4, -0.2) is 23.4 Å². The van der Waals surface area contributed by atoms with Gasteiger partial charge in [0.25, 0.3) is 0 Å². The molecule has 1 aliphatic heterocycles. The van der Waals surface area contributed by atoms with E-state index in [9.17, 15) is 18.0 Å². The average molecular weight is 325 g/mol. The van der Waals surface area contributed by atoms with Gasteiger partial charge in [0.05, 0.1) is 0 Å². The predicted octanol–water partition coefficient (Wildman–Crippen LogP) is 3.02. The van der Waals surface area contributed by atoms with Gasteiger partial charge in [-0.05, 0) is 24.1 Å². The van der Waals surface area contributed by atoms with Gasteiger partial charge < -0.3 is 9.84 Å². The SMILES string of the molecule is O=C(O)[C@@H]1Cc2ccc(Br)cc2O[C@@H]1C(F)(F)F. The van der Waals surface area contributed by atoms with Gasteiger partial charge in [-0.3, -0.25) is 4.79 Å². The second-order valence-corrected chi connectivity index (χ2v) is 4.90. The Hall–Kier alpha value is -1.24. The second-order valence-electron chi connectivity index (χ2n) is 3.98. The van der Waals surface area contributed by atoms with E-state index in [2.05, 4.69) is 15.9 Å². The summed E-state index contributed by atoms with van der Waals surface area (Å²) in [6, 6.07) is 4.60. The number of alkyl halides is 3. The van der Waals surface area contributed by atoms with Crippen LogP contribution >= 0.6 is 15.9 Å². The van der Waals surface area contributed by atoms with Crippen molar-refractivity contribution >= 4 is 21.9 Å². The van der Waals surface area contributed by atoms with Crippen LogP contribution in [0.15, 0.2) is 22.7 Å². The number of carboxylic acids is 1. The molecule has 3 nitrogen and oxygen atoms in total. The molecule has 7 heteroatoms. The second kappa shape index (κ2) is 4.46. The largest absolute Gasteiger partial charge is 0.481 e. The van der Waals surface area contributed by atoms with Crippen LogP contribution < -0.4 is 4.74 Å². The molecule has 18 heavy (non-hydrogen) atoms. The van der Waals surface area contributed by atoms with Crippen LogP contribution in [0.25, 0.3) is 0 Å². The minimum absolute atomic E-state index is 0.0733. The number of aliphatic carboxylic acids is 1. The van der Waals surface area contributed by atoms with E-state index in [1.807, 2.05) is 0 Å². The lowest BCUT2D eigenvalue weighted by Gasteiger charge is -2.32. The van der Waals surface area contributed by atoms with Crippen LogP contribution in [0.2, 0.25) is 0 Å². The Kier molecular flexibility index (Phi) is 3.27. The fourth-order valence-corrected chi connectivity index (χ4v) is 2.22. The Bertz CT molecular complexity index is 487. The van der Waals surface area contributed by atoms with E-state index in [-0.39, 0.29) is 12.2 Å². The molecule has 1 aromatic carbocycles. The maximum Gasteiger partial charge on any atom is 0.426 e. The summed E-state index contributed by atoms with van der Waals surface area (Å²) >= 11 is 3.13. The molecule has 0 saturated heterocycles. The highest BCUT2D eigenvalue weighted by molar-refractivity contribution is 9.10. The third-order valence-electron chi connectivity index (χ3n) is 2.73. The molecule has 2 rings (SSSR count). The van der Waals surface area contributed by atoms with E-state index in [0.717, 1.165) is 0 Å². The Labute approximate surface area is 109 Å². The molecule has 0 fully saturated rings. The van der Waals surface area contributed by atoms with Gasteiger partial charge in [-0.25, -0.2) is 0 Å². The summed E-state index contributed by atoms with van der Waals surface area (Å²) in [7, 11) is 0. The number of carboxylic acid groups (broad SMARTS) is 1. The number of rotatable bonds is 1. The zero-order chi connectivity index (χ0) is 13.5. The molecule has 1 aromatic rings. The smallest absolute Gasteiger partial charge is 0.426 e. The highest BCUT2D eigenvalue weighted by Crippen LogP contribution is 2.39. The molecule has 0 spiro atoms. The molecule has 1 heterocycles. The molecule has 1 aliphatic rings. The molecule has 0 bridgehead atoms. The molecule has 0 aromatic heterocycles. The van der Waals surface area contributed by atoms with Crippen molar-refractivity contribution in [1.29, 1.82) is 0 Å². The summed E-state index contributed by atoms with van der Waals surface area (Å²) in [5.74, 6) is -3.05. The summed E-state index contributed by atoms with van der Waals surface area (Å²) in [4.78, 5) is 10.9. The van der Waals surface area contributed by atoms with Crippen molar-refractivity contribution in [2.75, 3.05) is 0 Å². The number of carbonyl (C=O) groups is 1. The van der Waals surface area contributed by atoms with Gasteiger partial charge in [-0.1, -0.05) is 22.0 Å². The van der Waals surface area contributed by atoms with Crippen molar-refractivity contribution in [2.24, 2.45) is 5.92 Å². The van der Waals surface area contributed by atoms with Crippen LogP contribution in [0.4, 0.5) is 13.2 Å². The molecule has 0 saturated carbocycles. The zero-order valence-corrected chi connectivity index (χ0v) is 10.5. The van der Waals surface area contributed by atoms with Crippen LogP contribution in [0.5, 0.6) is 5.75 Å². The number of fused-ring (bicyclic) bond motifs is 1. The van der Waals surface area contributed by atoms with Crippen LogP contribution in [0.3, 0.4) is 0 Å². The third kappa shape index (κ3) is 2.45. The number of benzene rings is 1. The fourth-order valence-electron chi connectivity index (χ4n) is 1.88. The number of hydrogen-bond acceptors (Lipinski definition) is 2. The average Bonchev–Trinajstić information content (AvgIpc) is 2.25. The summed E-state index contributed by atoms with van der Waals surface area (Å²) in [6.45, 7) is 0. The van der Waals surface area contributed by atoms with Crippen molar-refractivity contribution < 1.29 is 27.8 Å². The van der Waals surface area contributed by atoms with Crippen molar-refractivity contribution in [3.05, 3.63) is 28.2 Å². The molecule has 2 atom stereocenters. The summed E-state index contributed by atoms with van der Waals surface area (Å²) in [6.07, 6.45) is -7.21. The van der Waals surface area contributed by atoms with Crippen molar-refractivity contribution in [2.45, 2.75) is 18.7 Å². The minimum Gasteiger partial charge on any atom is -0.481 e. The third-order valence-corrected chi connectivity index (χ3v) is 3.22. The summed E-state index contributed by atoms with van der Waals surface area (Å²) in [5, 5.41) is 8.86. The lowest BCUT2D eigenvalue weighted by Crippen LogP contribution is -2.47. The summed E-state index contributed by atoms with van der Waals surface area (Å²) < 4.78 is 43.6. The Morgan fingerprint density at radius 2 is 2.11 bits per heavy atom. The number of halogens is 4. The highest BCUT2D eigenvalue weighted by atomic mass is 79.9. The zero-order valence-electron chi connectivity index (χ0n) is 8.87. The van der Waals surface area contributed by atoms with E-state index in [4.69, 9.17) is 9.84 Å². The normalized spacial score (nSPS) is 23.1. The van der Waals surface area contributed by atoms with Gasteiger partial charge in [0.1, 0.15) is 11.7 Å². The first kappa shape index (κ1) is 13.2. The predicted molar refractivity (Wildman–Crippen MR) is 59.4 cm³/mol. The standard InChI is InChI=1S/C11H8BrF3O3/c12-6-2-1-5-3-7(10(16)17)9(11(13,14)15)18-8(5)4-6/h1-2,4,7,9H,3H2,(H,16,17)/t7-,9+/m1/s1. The van der Waals surface area contributed by atoms with Crippen molar-refractivity contribution in [3.63, 3.8) is 0 Å². The quantitative estimate of drug-likeness (QED) is 0.863. The van der Waals surface area contributed by atoms with E-state index in [0.29, 0.717) is 10.0 Å². The van der Waals surface area contributed by atoms with E-state index >= 15 is 0 Å². The molecular weight excluding hydrogens is 317 g/mol. The van der Waals surface area contributed by atoms with Gasteiger partial charge in [0.2, 0.25) is 6.10 Å².